The number of amides is 1. The molecule has 1 aromatic rings. The summed E-state index contributed by atoms with van der Waals surface area (Å²) >= 11 is 0. The topological polar surface area (TPSA) is 67.9 Å². The van der Waals surface area contributed by atoms with Gasteiger partial charge in [-0.1, -0.05) is 12.1 Å². The number of carbonyl (C=O) groups is 2. The second kappa shape index (κ2) is 9.92. The van der Waals surface area contributed by atoms with E-state index < -0.39 is 0 Å². The third-order valence-electron chi connectivity index (χ3n) is 5.90. The number of benzene rings is 1. The molecule has 1 saturated heterocycles. The number of hydrogen-bond acceptors (Lipinski definition) is 5. The molecule has 0 bridgehead atoms. The monoisotopic (exact) mass is 388 g/mol. The molecule has 1 N–H and O–H groups in total. The molecular formula is C22H32N2O4. The zero-order chi connectivity index (χ0) is 19.9. The average molecular weight is 389 g/mol. The van der Waals surface area contributed by atoms with Gasteiger partial charge in [0.15, 0.2) is 0 Å². The standard InChI is InChI=1S/C22H32N2O4/c1-27-20-10-5-16(6-11-20)7-12-21(25)23-14-19-9-8-18(13-22(26)28-2)24(19)15-17-3-4-17/h5-6,10-11,17-19H,3-4,7-9,12-15H2,1-2H3,(H,23,25)/t18-,19+/m1/s1. The molecule has 1 amide bonds. The maximum absolute atomic E-state index is 12.3. The third-order valence-corrected chi connectivity index (χ3v) is 5.90. The summed E-state index contributed by atoms with van der Waals surface area (Å²) < 4.78 is 10.0. The van der Waals surface area contributed by atoms with Gasteiger partial charge in [0.05, 0.1) is 20.6 Å². The molecule has 6 heteroatoms. The molecule has 1 saturated carbocycles. The first-order valence-corrected chi connectivity index (χ1v) is 10.3. The van der Waals surface area contributed by atoms with Crippen molar-refractivity contribution in [3.63, 3.8) is 0 Å². The van der Waals surface area contributed by atoms with Gasteiger partial charge in [0, 0.05) is 31.6 Å². The number of nitrogens with zero attached hydrogens (tertiary/aromatic N) is 1. The van der Waals surface area contributed by atoms with Gasteiger partial charge in [-0.3, -0.25) is 14.5 Å². The van der Waals surface area contributed by atoms with Crippen molar-refractivity contribution in [1.29, 1.82) is 0 Å². The Labute approximate surface area is 167 Å². The summed E-state index contributed by atoms with van der Waals surface area (Å²) in [5.74, 6) is 1.52. The van der Waals surface area contributed by atoms with Gasteiger partial charge in [-0.05, 0) is 55.7 Å². The smallest absolute Gasteiger partial charge is 0.307 e. The molecular weight excluding hydrogens is 356 g/mol. The number of carbonyl (C=O) groups excluding carboxylic acids is 2. The van der Waals surface area contributed by atoms with E-state index in [0.717, 1.165) is 43.0 Å². The van der Waals surface area contributed by atoms with Crippen molar-refractivity contribution in [1.82, 2.24) is 10.2 Å². The fourth-order valence-electron chi connectivity index (χ4n) is 4.00. The molecule has 0 spiro atoms. The van der Waals surface area contributed by atoms with Gasteiger partial charge in [-0.2, -0.15) is 0 Å². The second-order valence-corrected chi connectivity index (χ2v) is 7.96. The summed E-state index contributed by atoms with van der Waals surface area (Å²) in [6.45, 7) is 1.69. The molecule has 0 radical (unpaired) electrons. The number of hydrogen-bond donors (Lipinski definition) is 1. The number of ether oxygens (including phenoxy) is 2. The van der Waals surface area contributed by atoms with E-state index in [0.29, 0.717) is 25.4 Å². The lowest BCUT2D eigenvalue weighted by Crippen LogP contribution is -2.44. The van der Waals surface area contributed by atoms with Crippen molar-refractivity contribution in [3.8, 4) is 5.75 Å². The summed E-state index contributed by atoms with van der Waals surface area (Å²) in [7, 11) is 3.09. The molecule has 1 aliphatic heterocycles. The highest BCUT2D eigenvalue weighted by Crippen LogP contribution is 2.35. The molecule has 2 fully saturated rings. The van der Waals surface area contributed by atoms with Crippen molar-refractivity contribution in [2.75, 3.05) is 27.3 Å². The predicted molar refractivity (Wildman–Crippen MR) is 107 cm³/mol. The van der Waals surface area contributed by atoms with E-state index in [2.05, 4.69) is 10.2 Å². The number of esters is 1. The summed E-state index contributed by atoms with van der Waals surface area (Å²) in [4.78, 5) is 26.5. The lowest BCUT2D eigenvalue weighted by molar-refractivity contribution is -0.142. The molecule has 1 aromatic carbocycles. The Morgan fingerprint density at radius 2 is 1.79 bits per heavy atom. The summed E-state index contributed by atoms with van der Waals surface area (Å²) in [5.41, 5.74) is 1.13. The summed E-state index contributed by atoms with van der Waals surface area (Å²) in [6, 6.07) is 8.40. The highest BCUT2D eigenvalue weighted by Gasteiger charge is 2.38. The molecule has 28 heavy (non-hydrogen) atoms. The molecule has 3 rings (SSSR count). The Hall–Kier alpha value is -2.08. The normalized spacial score (nSPS) is 22.1. The number of methoxy groups -OCH3 is 2. The molecule has 2 aliphatic rings. The maximum atomic E-state index is 12.3. The fourth-order valence-corrected chi connectivity index (χ4v) is 4.00. The molecule has 0 unspecified atom stereocenters. The van der Waals surface area contributed by atoms with Gasteiger partial charge in [0.2, 0.25) is 5.91 Å². The highest BCUT2D eigenvalue weighted by atomic mass is 16.5. The third kappa shape index (κ3) is 5.96. The van der Waals surface area contributed by atoms with Gasteiger partial charge in [-0.25, -0.2) is 0 Å². The van der Waals surface area contributed by atoms with Crippen LogP contribution in [-0.4, -0.2) is 56.2 Å². The lowest BCUT2D eigenvalue weighted by Gasteiger charge is -2.30. The first-order valence-electron chi connectivity index (χ1n) is 10.3. The average Bonchev–Trinajstić information content (AvgIpc) is 3.47. The van der Waals surface area contributed by atoms with Crippen LogP contribution in [0.1, 0.15) is 44.1 Å². The van der Waals surface area contributed by atoms with Crippen LogP contribution >= 0.6 is 0 Å². The quantitative estimate of drug-likeness (QED) is 0.624. The Kier molecular flexibility index (Phi) is 7.31. The maximum Gasteiger partial charge on any atom is 0.307 e. The molecule has 154 valence electrons. The van der Waals surface area contributed by atoms with E-state index in [1.807, 2.05) is 24.3 Å². The van der Waals surface area contributed by atoms with Crippen molar-refractivity contribution >= 4 is 11.9 Å². The van der Waals surface area contributed by atoms with Crippen LogP contribution < -0.4 is 10.1 Å². The molecule has 1 aliphatic carbocycles. The summed E-state index contributed by atoms with van der Waals surface area (Å²) in [5, 5.41) is 3.11. The zero-order valence-electron chi connectivity index (χ0n) is 17.0. The van der Waals surface area contributed by atoms with E-state index in [9.17, 15) is 9.59 Å². The predicted octanol–water partition coefficient (Wildman–Crippen LogP) is 2.55. The van der Waals surface area contributed by atoms with Gasteiger partial charge < -0.3 is 14.8 Å². The minimum absolute atomic E-state index is 0.0820. The van der Waals surface area contributed by atoms with E-state index in [1.54, 1.807) is 7.11 Å². The zero-order valence-corrected chi connectivity index (χ0v) is 17.0. The van der Waals surface area contributed by atoms with Gasteiger partial charge >= 0.3 is 5.97 Å². The number of likely N-dealkylation sites (tertiary alicyclic amines) is 1. The van der Waals surface area contributed by atoms with Crippen LogP contribution in [0.25, 0.3) is 0 Å². The Balaban J connectivity index is 1.44. The van der Waals surface area contributed by atoms with E-state index in [1.165, 1.54) is 20.0 Å². The number of aryl methyl sites for hydroxylation is 1. The SMILES string of the molecule is COC(=O)C[C@H]1CC[C@@H](CNC(=O)CCc2ccc(OC)cc2)N1CC1CC1. The van der Waals surface area contributed by atoms with Crippen LogP contribution in [0.2, 0.25) is 0 Å². The minimum Gasteiger partial charge on any atom is -0.497 e. The molecule has 0 aromatic heterocycles. The van der Waals surface area contributed by atoms with Crippen LogP contribution in [0.3, 0.4) is 0 Å². The Bertz CT molecular complexity index is 657. The van der Waals surface area contributed by atoms with E-state index in [4.69, 9.17) is 9.47 Å². The van der Waals surface area contributed by atoms with Crippen LogP contribution in [0.15, 0.2) is 24.3 Å². The number of rotatable bonds is 10. The molecule has 6 nitrogen and oxygen atoms in total. The largest absolute Gasteiger partial charge is 0.497 e. The fraction of sp³-hybridized carbons (Fsp3) is 0.636. The first kappa shape index (κ1) is 20.6. The molecule has 1 heterocycles. The van der Waals surface area contributed by atoms with Crippen LogP contribution in [0, 0.1) is 5.92 Å². The lowest BCUT2D eigenvalue weighted by atomic mass is 10.1. The highest BCUT2D eigenvalue weighted by molar-refractivity contribution is 5.76. The Morgan fingerprint density at radius 1 is 1.07 bits per heavy atom. The van der Waals surface area contributed by atoms with Crippen molar-refractivity contribution < 1.29 is 19.1 Å². The first-order chi connectivity index (χ1) is 13.6. The van der Waals surface area contributed by atoms with Crippen LogP contribution in [0.4, 0.5) is 0 Å². The van der Waals surface area contributed by atoms with Crippen molar-refractivity contribution in [2.45, 2.75) is 57.0 Å². The van der Waals surface area contributed by atoms with E-state index >= 15 is 0 Å². The molecule has 2 atom stereocenters. The van der Waals surface area contributed by atoms with Crippen molar-refractivity contribution in [3.05, 3.63) is 29.8 Å². The van der Waals surface area contributed by atoms with Crippen LogP contribution in [0.5, 0.6) is 5.75 Å². The summed E-state index contributed by atoms with van der Waals surface area (Å²) in [6.07, 6.45) is 6.22. The van der Waals surface area contributed by atoms with Crippen LogP contribution in [-0.2, 0) is 20.7 Å². The number of nitrogens with one attached hydrogen (secondary N) is 1. The van der Waals surface area contributed by atoms with Gasteiger partial charge in [-0.15, -0.1) is 0 Å². The second-order valence-electron chi connectivity index (χ2n) is 7.96. The van der Waals surface area contributed by atoms with Gasteiger partial charge in [0.25, 0.3) is 0 Å². The minimum atomic E-state index is -0.144. The Morgan fingerprint density at radius 3 is 2.43 bits per heavy atom. The van der Waals surface area contributed by atoms with E-state index in [-0.39, 0.29) is 17.9 Å². The van der Waals surface area contributed by atoms with Gasteiger partial charge in [0.1, 0.15) is 5.75 Å². The van der Waals surface area contributed by atoms with Crippen molar-refractivity contribution in [2.24, 2.45) is 5.92 Å².